The summed E-state index contributed by atoms with van der Waals surface area (Å²) in [7, 11) is 0. The summed E-state index contributed by atoms with van der Waals surface area (Å²) < 4.78 is -0.566. The van der Waals surface area contributed by atoms with Gasteiger partial charge < -0.3 is 10.0 Å². The van der Waals surface area contributed by atoms with Crippen LogP contribution >= 0.6 is 23.5 Å². The van der Waals surface area contributed by atoms with E-state index in [1.54, 1.807) is 0 Å². The van der Waals surface area contributed by atoms with Crippen LogP contribution in [0.2, 0.25) is 0 Å². The number of rotatable bonds is 3. The first kappa shape index (κ1) is 11.6. The summed E-state index contributed by atoms with van der Waals surface area (Å²) in [6.45, 7) is 1.81. The van der Waals surface area contributed by atoms with Crippen molar-refractivity contribution >= 4 is 35.4 Å². The summed E-state index contributed by atoms with van der Waals surface area (Å²) in [6, 6.07) is -0.801. The Morgan fingerprint density at radius 2 is 2.56 bits per heavy atom. The van der Waals surface area contributed by atoms with Crippen molar-refractivity contribution in [3.63, 3.8) is 0 Å². The Hall–Kier alpha value is -0.870. The third kappa shape index (κ3) is 1.57. The first-order chi connectivity index (χ1) is 7.49. The number of carboxylic acids is 1. The van der Waals surface area contributed by atoms with E-state index in [1.807, 2.05) is 12.3 Å². The van der Waals surface area contributed by atoms with E-state index >= 15 is 0 Å². The number of nitrogens with zero attached hydrogens (tertiary/aromatic N) is 2. The number of aliphatic carboxylic acids is 1. The summed E-state index contributed by atoms with van der Waals surface area (Å²) in [4.78, 5) is 24.0. The van der Waals surface area contributed by atoms with E-state index < -0.39 is 16.8 Å². The molecule has 0 aromatic heterocycles. The molecular formula is C9H10N2O3S2. The molecule has 5 nitrogen and oxygen atoms in total. The molecule has 86 valence electrons. The molecule has 2 fully saturated rings. The van der Waals surface area contributed by atoms with Gasteiger partial charge in [0.25, 0.3) is 0 Å². The first-order valence-electron chi connectivity index (χ1n) is 4.72. The van der Waals surface area contributed by atoms with Crippen LogP contribution in [0, 0.1) is 10.7 Å². The van der Waals surface area contributed by atoms with Gasteiger partial charge in [0.05, 0.1) is 16.5 Å². The molecule has 0 bridgehead atoms. The Kier molecular flexibility index (Phi) is 2.80. The van der Waals surface area contributed by atoms with Crippen LogP contribution in [0.25, 0.3) is 0 Å². The Balaban J connectivity index is 2.22. The smallest absolute Gasteiger partial charge is 0.327 e. The number of carbonyl (C=O) groups is 2. The molecule has 3 atom stereocenters. The highest BCUT2D eigenvalue weighted by Gasteiger charge is 2.60. The molecule has 0 aromatic rings. The number of hydrogen-bond donors (Lipinski definition) is 1. The largest absolute Gasteiger partial charge is 0.480 e. The van der Waals surface area contributed by atoms with Crippen LogP contribution in [-0.2, 0) is 9.59 Å². The van der Waals surface area contributed by atoms with E-state index in [2.05, 4.69) is 0 Å². The number of nitriles is 1. The molecule has 0 radical (unpaired) electrons. The van der Waals surface area contributed by atoms with Crippen molar-refractivity contribution in [2.45, 2.75) is 29.5 Å². The molecule has 2 aliphatic rings. The third-order valence-corrected chi connectivity index (χ3v) is 5.49. The van der Waals surface area contributed by atoms with Gasteiger partial charge in [-0.1, -0.05) is 0 Å². The number of β-lactam (4-membered cyclic amide) rings is 1. The summed E-state index contributed by atoms with van der Waals surface area (Å²) in [5, 5.41) is 19.7. The lowest BCUT2D eigenvalue weighted by Crippen LogP contribution is -2.57. The van der Waals surface area contributed by atoms with Crippen molar-refractivity contribution in [1.29, 1.82) is 5.26 Å². The zero-order chi connectivity index (χ0) is 11.9. The number of fused-ring (bicyclic) bond motifs is 1. The molecule has 2 rings (SSSR count). The van der Waals surface area contributed by atoms with Gasteiger partial charge in [0.2, 0.25) is 5.91 Å². The number of carboxylic acid groups (broad SMARTS) is 1. The summed E-state index contributed by atoms with van der Waals surface area (Å²) in [5.41, 5.74) is 0. The van der Waals surface area contributed by atoms with Crippen molar-refractivity contribution in [2.75, 3.05) is 5.75 Å². The molecule has 1 amide bonds. The molecule has 0 saturated carbocycles. The maximum atomic E-state index is 11.4. The van der Waals surface area contributed by atoms with Gasteiger partial charge >= 0.3 is 5.97 Å². The molecule has 0 aromatic carbocycles. The van der Waals surface area contributed by atoms with Gasteiger partial charge in [0.15, 0.2) is 0 Å². The molecule has 16 heavy (non-hydrogen) atoms. The quantitative estimate of drug-likeness (QED) is 0.593. The molecule has 1 N–H and O–H groups in total. The Morgan fingerprint density at radius 3 is 3.06 bits per heavy atom. The van der Waals surface area contributed by atoms with Crippen LogP contribution in [0.5, 0.6) is 0 Å². The van der Waals surface area contributed by atoms with Crippen LogP contribution in [0.1, 0.15) is 13.3 Å². The third-order valence-electron chi connectivity index (χ3n) is 2.87. The lowest BCUT2D eigenvalue weighted by atomic mass is 9.98. The van der Waals surface area contributed by atoms with Crippen LogP contribution in [0.4, 0.5) is 0 Å². The minimum Gasteiger partial charge on any atom is -0.480 e. The van der Waals surface area contributed by atoms with Crippen LogP contribution in [0.15, 0.2) is 0 Å². The lowest BCUT2D eigenvalue weighted by Gasteiger charge is -2.36. The van der Waals surface area contributed by atoms with Crippen LogP contribution in [-0.4, -0.2) is 43.8 Å². The highest BCUT2D eigenvalue weighted by Crippen LogP contribution is 2.51. The topological polar surface area (TPSA) is 81.4 Å². The van der Waals surface area contributed by atoms with Gasteiger partial charge in [-0.2, -0.15) is 5.26 Å². The number of hydrogen-bond acceptors (Lipinski definition) is 5. The van der Waals surface area contributed by atoms with Crippen LogP contribution < -0.4 is 0 Å². The van der Waals surface area contributed by atoms with Gasteiger partial charge in [-0.25, -0.2) is 4.79 Å². The Morgan fingerprint density at radius 1 is 1.88 bits per heavy atom. The molecule has 2 heterocycles. The molecule has 2 aliphatic heterocycles. The monoisotopic (exact) mass is 258 g/mol. The number of thioether (sulfide) groups is 2. The Labute approximate surface area is 101 Å². The van der Waals surface area contributed by atoms with E-state index in [-0.39, 0.29) is 11.3 Å². The fourth-order valence-electron chi connectivity index (χ4n) is 2.15. The Bertz CT molecular complexity index is 395. The fourth-order valence-corrected chi connectivity index (χ4v) is 4.65. The first-order valence-corrected chi connectivity index (χ1v) is 6.59. The van der Waals surface area contributed by atoms with Crippen molar-refractivity contribution in [1.82, 2.24) is 4.90 Å². The molecule has 0 spiro atoms. The van der Waals surface area contributed by atoms with E-state index in [0.29, 0.717) is 12.2 Å². The maximum Gasteiger partial charge on any atom is 0.327 e. The van der Waals surface area contributed by atoms with Crippen molar-refractivity contribution in [3.05, 3.63) is 0 Å². The second kappa shape index (κ2) is 3.86. The molecular weight excluding hydrogens is 248 g/mol. The maximum absolute atomic E-state index is 11.4. The highest BCUT2D eigenvalue weighted by molar-refractivity contribution is 8.06. The van der Waals surface area contributed by atoms with Gasteiger partial charge in [0.1, 0.15) is 11.4 Å². The van der Waals surface area contributed by atoms with E-state index in [9.17, 15) is 14.7 Å². The van der Waals surface area contributed by atoms with Gasteiger partial charge in [0, 0.05) is 5.75 Å². The molecule has 3 unspecified atom stereocenters. The summed E-state index contributed by atoms with van der Waals surface area (Å²) in [5.74, 6) is -0.662. The van der Waals surface area contributed by atoms with E-state index in [1.165, 1.54) is 16.7 Å². The van der Waals surface area contributed by atoms with Gasteiger partial charge in [-0.05, 0) is 18.7 Å². The average Bonchev–Trinajstić information content (AvgIpc) is 2.45. The molecule has 2 saturated heterocycles. The zero-order valence-electron chi connectivity index (χ0n) is 8.54. The van der Waals surface area contributed by atoms with E-state index in [4.69, 9.17) is 5.26 Å². The number of carbonyl (C=O) groups excluding carboxylic acids is 1. The van der Waals surface area contributed by atoms with Crippen molar-refractivity contribution in [3.8, 4) is 5.40 Å². The number of amides is 1. The summed E-state index contributed by atoms with van der Waals surface area (Å²) in [6.07, 6.45) is 0.418. The predicted octanol–water partition coefficient (Wildman–Crippen LogP) is 0.718. The minimum absolute atomic E-state index is 0.0158. The zero-order valence-corrected chi connectivity index (χ0v) is 10.2. The second-order valence-corrected chi connectivity index (χ2v) is 6.48. The standard InChI is InChI=1S/C9H10N2O3S2/c1-9(3-15-4-10)7(8(13)14)11-5(12)2-6(11)16-9/h6-7H,2-3H2,1H3,(H,13,14). The SMILES string of the molecule is CC1(CSC#N)SC2CC(=O)N2C1C(=O)O. The van der Waals surface area contributed by atoms with Crippen molar-refractivity contribution in [2.24, 2.45) is 0 Å². The van der Waals surface area contributed by atoms with Crippen molar-refractivity contribution < 1.29 is 14.7 Å². The highest BCUT2D eigenvalue weighted by atomic mass is 32.2. The number of thiocyanates is 1. The minimum atomic E-state index is -0.982. The fraction of sp³-hybridized carbons (Fsp3) is 0.667. The van der Waals surface area contributed by atoms with Gasteiger partial charge in [-0.3, -0.25) is 4.79 Å². The molecule has 0 aliphatic carbocycles. The second-order valence-electron chi connectivity index (χ2n) is 4.01. The summed E-state index contributed by atoms with van der Waals surface area (Å²) >= 11 is 2.54. The predicted molar refractivity (Wildman–Crippen MR) is 60.7 cm³/mol. The average molecular weight is 258 g/mol. The normalized spacial score (nSPS) is 36.5. The van der Waals surface area contributed by atoms with Gasteiger partial charge in [-0.15, -0.1) is 11.8 Å². The lowest BCUT2D eigenvalue weighted by molar-refractivity contribution is -0.157. The molecule has 7 heteroatoms. The van der Waals surface area contributed by atoms with Crippen LogP contribution in [0.3, 0.4) is 0 Å². The van der Waals surface area contributed by atoms with E-state index in [0.717, 1.165) is 11.8 Å².